The minimum absolute atomic E-state index is 0.0652. The fourth-order valence-corrected chi connectivity index (χ4v) is 5.02. The Balaban J connectivity index is 2.12. The van der Waals surface area contributed by atoms with Crippen LogP contribution in [0.5, 0.6) is 0 Å². The van der Waals surface area contributed by atoms with E-state index < -0.39 is 0 Å². The van der Waals surface area contributed by atoms with E-state index in [0.29, 0.717) is 17.8 Å². The second-order valence-electron chi connectivity index (χ2n) is 6.88. The first kappa shape index (κ1) is 22.2. The van der Waals surface area contributed by atoms with Crippen LogP contribution in [0.3, 0.4) is 0 Å². The number of fused-ring (bicyclic) bond motifs is 3. The monoisotopic (exact) mass is 441 g/mol. The number of thiophene rings is 1. The Morgan fingerprint density at radius 3 is 2.80 bits per heavy atom. The Kier molecular flexibility index (Phi) is 7.10. The molecule has 3 rings (SSSR count). The summed E-state index contributed by atoms with van der Waals surface area (Å²) in [4.78, 5) is 33.4. The van der Waals surface area contributed by atoms with Crippen molar-refractivity contribution in [2.75, 3.05) is 24.7 Å². The molecule has 0 atom stereocenters. The summed E-state index contributed by atoms with van der Waals surface area (Å²) in [6.45, 7) is 11.3. The van der Waals surface area contributed by atoms with Crippen LogP contribution in [0, 0.1) is 0 Å². The van der Waals surface area contributed by atoms with Gasteiger partial charge in [-0.1, -0.05) is 19.6 Å². The number of aromatic nitrogens is 2. The van der Waals surface area contributed by atoms with Gasteiger partial charge in [0.1, 0.15) is 21.9 Å². The molecule has 0 spiro atoms. The van der Waals surface area contributed by atoms with Crippen LogP contribution in [0.25, 0.3) is 10.2 Å². The van der Waals surface area contributed by atoms with E-state index in [2.05, 4.69) is 33.4 Å². The zero-order valence-electron chi connectivity index (χ0n) is 18.1. The molecule has 0 unspecified atom stereocenters. The van der Waals surface area contributed by atoms with E-state index in [-0.39, 0.29) is 5.91 Å². The highest BCUT2D eigenvalue weighted by atomic mass is 32.2. The Bertz CT molecular complexity index is 1070. The van der Waals surface area contributed by atoms with Crippen molar-refractivity contribution in [1.29, 1.82) is 0 Å². The number of aliphatic imine (C=N–C) groups is 1. The van der Waals surface area contributed by atoms with Gasteiger partial charge in [0.15, 0.2) is 0 Å². The van der Waals surface area contributed by atoms with Crippen LogP contribution in [0.2, 0.25) is 0 Å². The average Bonchev–Trinajstić information content (AvgIpc) is 3.06. The fourth-order valence-electron chi connectivity index (χ4n) is 3.39. The highest BCUT2D eigenvalue weighted by Gasteiger charge is 2.28. The third-order valence-corrected chi connectivity index (χ3v) is 7.17. The van der Waals surface area contributed by atoms with Crippen molar-refractivity contribution in [1.82, 2.24) is 14.9 Å². The third kappa shape index (κ3) is 4.06. The standard InChI is InChI=1S/C22H27N5OS2/c1-7-15(10-14(4)17(8-2)29-6)27-13-23-11-16-18-20(26(5)9-3)24-12-25-21(18)30-19(16)22(27)28/h8,10,12-13H,2,7,9,11H2,1,3-6H3/b15-10+,17-14+. The van der Waals surface area contributed by atoms with Gasteiger partial charge in [-0.3, -0.25) is 14.7 Å². The molecule has 2 aromatic heterocycles. The summed E-state index contributed by atoms with van der Waals surface area (Å²) in [6, 6.07) is 0. The quantitative estimate of drug-likeness (QED) is 0.549. The molecule has 0 bridgehead atoms. The van der Waals surface area contributed by atoms with E-state index in [1.165, 1.54) is 11.3 Å². The van der Waals surface area contributed by atoms with Crippen molar-refractivity contribution >= 4 is 51.4 Å². The zero-order valence-corrected chi connectivity index (χ0v) is 19.7. The lowest BCUT2D eigenvalue weighted by atomic mass is 10.1. The molecule has 8 heteroatoms. The van der Waals surface area contributed by atoms with E-state index in [1.807, 2.05) is 39.3 Å². The third-order valence-electron chi connectivity index (χ3n) is 5.11. The fraction of sp³-hybridized carbons (Fsp3) is 0.364. The number of anilines is 1. The molecule has 30 heavy (non-hydrogen) atoms. The van der Waals surface area contributed by atoms with Crippen LogP contribution in [0.15, 0.2) is 46.2 Å². The summed E-state index contributed by atoms with van der Waals surface area (Å²) in [7, 11) is 2.00. The molecule has 158 valence electrons. The summed E-state index contributed by atoms with van der Waals surface area (Å²) in [5.74, 6) is 0.779. The highest BCUT2D eigenvalue weighted by molar-refractivity contribution is 8.02. The van der Waals surface area contributed by atoms with Gasteiger partial charge in [0.05, 0.1) is 18.3 Å². The molecule has 0 aromatic carbocycles. The Labute approximate surface area is 186 Å². The molecule has 2 aromatic rings. The smallest absolute Gasteiger partial charge is 0.273 e. The Hall–Kier alpha value is -2.45. The van der Waals surface area contributed by atoms with Gasteiger partial charge < -0.3 is 4.90 Å². The van der Waals surface area contributed by atoms with Gasteiger partial charge in [-0.15, -0.1) is 23.1 Å². The molecular weight excluding hydrogens is 414 g/mol. The van der Waals surface area contributed by atoms with Gasteiger partial charge in [0, 0.05) is 29.8 Å². The van der Waals surface area contributed by atoms with Gasteiger partial charge in [-0.25, -0.2) is 9.97 Å². The normalized spacial score (nSPS) is 15.2. The van der Waals surface area contributed by atoms with E-state index in [4.69, 9.17) is 0 Å². The van der Waals surface area contributed by atoms with E-state index in [1.54, 1.807) is 29.3 Å². The van der Waals surface area contributed by atoms with Crippen LogP contribution in [0.4, 0.5) is 5.82 Å². The number of hydrogen-bond donors (Lipinski definition) is 0. The lowest BCUT2D eigenvalue weighted by Gasteiger charge is -2.19. The van der Waals surface area contributed by atoms with E-state index >= 15 is 0 Å². The first-order valence-electron chi connectivity index (χ1n) is 9.85. The predicted octanol–water partition coefficient (Wildman–Crippen LogP) is 5.25. The van der Waals surface area contributed by atoms with Crippen molar-refractivity contribution in [3.8, 4) is 0 Å². The summed E-state index contributed by atoms with van der Waals surface area (Å²) in [5, 5.41) is 0.934. The van der Waals surface area contributed by atoms with Crippen LogP contribution in [-0.2, 0) is 6.54 Å². The van der Waals surface area contributed by atoms with Crippen molar-refractivity contribution in [2.45, 2.75) is 33.7 Å². The first-order valence-corrected chi connectivity index (χ1v) is 11.9. The molecule has 0 saturated heterocycles. The summed E-state index contributed by atoms with van der Waals surface area (Å²) >= 11 is 3.06. The lowest BCUT2D eigenvalue weighted by molar-refractivity contribution is 0.0884. The molecule has 6 nitrogen and oxygen atoms in total. The van der Waals surface area contributed by atoms with Gasteiger partial charge >= 0.3 is 0 Å². The van der Waals surface area contributed by atoms with Gasteiger partial charge in [0.25, 0.3) is 5.91 Å². The van der Waals surface area contributed by atoms with Gasteiger partial charge in [-0.05, 0) is 38.2 Å². The number of allylic oxidation sites excluding steroid dienone is 4. The topological polar surface area (TPSA) is 61.7 Å². The Morgan fingerprint density at radius 2 is 2.17 bits per heavy atom. The molecular formula is C22H27N5OS2. The van der Waals surface area contributed by atoms with E-state index in [0.717, 1.165) is 44.3 Å². The Morgan fingerprint density at radius 1 is 1.40 bits per heavy atom. The van der Waals surface area contributed by atoms with Crippen molar-refractivity contribution in [3.63, 3.8) is 0 Å². The maximum atomic E-state index is 13.5. The number of amides is 1. The second kappa shape index (κ2) is 9.57. The van der Waals surface area contributed by atoms with Gasteiger partial charge in [0.2, 0.25) is 0 Å². The molecule has 0 N–H and O–H groups in total. The highest BCUT2D eigenvalue weighted by Crippen LogP contribution is 2.37. The minimum Gasteiger partial charge on any atom is -0.359 e. The molecule has 0 radical (unpaired) electrons. The zero-order chi connectivity index (χ0) is 21.8. The maximum Gasteiger partial charge on any atom is 0.273 e. The van der Waals surface area contributed by atoms with Crippen LogP contribution in [-0.4, -0.2) is 47.0 Å². The van der Waals surface area contributed by atoms with E-state index in [9.17, 15) is 4.79 Å². The molecule has 0 fully saturated rings. The molecule has 3 heterocycles. The average molecular weight is 442 g/mol. The number of thioether (sulfide) groups is 1. The molecule has 1 aliphatic heterocycles. The number of carbonyl (C=O) groups excluding carboxylic acids is 1. The molecule has 0 aliphatic carbocycles. The van der Waals surface area contributed by atoms with Crippen LogP contribution in [0.1, 0.15) is 42.4 Å². The maximum absolute atomic E-state index is 13.5. The predicted molar refractivity (Wildman–Crippen MR) is 130 cm³/mol. The molecule has 1 amide bonds. The number of carbonyl (C=O) groups is 1. The van der Waals surface area contributed by atoms with Gasteiger partial charge in [-0.2, -0.15) is 0 Å². The molecule has 0 saturated carbocycles. The largest absolute Gasteiger partial charge is 0.359 e. The number of hydrogen-bond acceptors (Lipinski definition) is 7. The number of nitrogens with zero attached hydrogens (tertiary/aromatic N) is 5. The number of rotatable bonds is 7. The van der Waals surface area contributed by atoms with Crippen molar-refractivity contribution < 1.29 is 4.79 Å². The van der Waals surface area contributed by atoms with Crippen molar-refractivity contribution in [2.24, 2.45) is 4.99 Å². The van der Waals surface area contributed by atoms with Crippen LogP contribution >= 0.6 is 23.1 Å². The molecule has 1 aliphatic rings. The minimum atomic E-state index is -0.0652. The summed E-state index contributed by atoms with van der Waals surface area (Å²) in [6.07, 6.45) is 9.84. The van der Waals surface area contributed by atoms with Crippen molar-refractivity contribution in [3.05, 3.63) is 51.7 Å². The lowest BCUT2D eigenvalue weighted by Crippen LogP contribution is -2.28. The summed E-state index contributed by atoms with van der Waals surface area (Å²) in [5.41, 5.74) is 2.89. The SMILES string of the molecule is C=C/C(SC)=C(C)\C=C(/CC)N1C=NCc2c(sc3ncnc(N(C)CC)c23)C1=O. The van der Waals surface area contributed by atoms with Crippen LogP contribution < -0.4 is 4.90 Å². The summed E-state index contributed by atoms with van der Waals surface area (Å²) < 4.78 is 0. The second-order valence-corrected chi connectivity index (χ2v) is 8.72. The first-order chi connectivity index (χ1) is 14.5.